The van der Waals surface area contributed by atoms with E-state index in [-0.39, 0.29) is 36.4 Å². The van der Waals surface area contributed by atoms with E-state index in [0.29, 0.717) is 0 Å². The molecule has 0 aliphatic carbocycles. The van der Waals surface area contributed by atoms with Gasteiger partial charge in [-0.3, -0.25) is 13.8 Å². The van der Waals surface area contributed by atoms with Gasteiger partial charge in [-0.05, 0) is 38.0 Å². The number of carbonyl (C=O) groups excluding carboxylic acids is 1. The molecular weight excluding hydrogens is 406 g/mol. The van der Waals surface area contributed by atoms with Crippen LogP contribution in [0.25, 0.3) is 0 Å². The van der Waals surface area contributed by atoms with E-state index in [1.165, 1.54) is 19.1 Å². The molecular formula is C22H25NO6S. The van der Waals surface area contributed by atoms with Crippen molar-refractivity contribution in [1.29, 1.82) is 0 Å². The molecule has 1 N–H and O–H groups in total. The number of amides is 1. The molecule has 0 aromatic heterocycles. The summed E-state index contributed by atoms with van der Waals surface area (Å²) in [5, 5.41) is 9.83. The van der Waals surface area contributed by atoms with Gasteiger partial charge in [0.1, 0.15) is 0 Å². The number of likely N-dealkylation sites (tertiary alicyclic amines) is 1. The molecule has 1 fully saturated rings. The number of rotatable bonds is 8. The second-order valence-corrected chi connectivity index (χ2v) is 9.32. The van der Waals surface area contributed by atoms with Gasteiger partial charge in [-0.25, -0.2) is 0 Å². The van der Waals surface area contributed by atoms with Crippen LogP contribution in [0.4, 0.5) is 0 Å². The number of carboxylic acids is 1. The Morgan fingerprint density at radius 3 is 2.30 bits per heavy atom. The van der Waals surface area contributed by atoms with Gasteiger partial charge in [-0.15, -0.1) is 0 Å². The lowest BCUT2D eigenvalue weighted by Gasteiger charge is -2.26. The van der Waals surface area contributed by atoms with E-state index >= 15 is 0 Å². The highest BCUT2D eigenvalue weighted by molar-refractivity contribution is 7.86. The van der Waals surface area contributed by atoms with Crippen molar-refractivity contribution in [2.24, 2.45) is 11.3 Å². The van der Waals surface area contributed by atoms with Gasteiger partial charge in [0.05, 0.1) is 28.9 Å². The van der Waals surface area contributed by atoms with Crippen molar-refractivity contribution in [3.8, 4) is 0 Å². The Bertz CT molecular complexity index is 1010. The number of carboxylic acid groups (broad SMARTS) is 1. The number of benzene rings is 2. The molecule has 30 heavy (non-hydrogen) atoms. The van der Waals surface area contributed by atoms with Crippen LogP contribution in [0.3, 0.4) is 0 Å². The molecule has 0 spiro atoms. The Morgan fingerprint density at radius 2 is 1.73 bits per heavy atom. The Hall–Kier alpha value is -2.71. The summed E-state index contributed by atoms with van der Waals surface area (Å²) in [5.74, 6) is -2.28. The third kappa shape index (κ3) is 4.24. The van der Waals surface area contributed by atoms with Crippen molar-refractivity contribution in [3.05, 3.63) is 66.2 Å². The number of hydrogen-bond donors (Lipinski definition) is 1. The molecule has 7 nitrogen and oxygen atoms in total. The average molecular weight is 432 g/mol. The highest BCUT2D eigenvalue weighted by Crippen LogP contribution is 2.42. The Kier molecular flexibility index (Phi) is 6.28. The zero-order valence-electron chi connectivity index (χ0n) is 16.9. The third-order valence-corrected chi connectivity index (χ3v) is 7.09. The Balaban J connectivity index is 1.75. The monoisotopic (exact) mass is 431 g/mol. The van der Waals surface area contributed by atoms with Crippen LogP contribution in [0, 0.1) is 11.3 Å². The van der Waals surface area contributed by atoms with Crippen molar-refractivity contribution in [2.45, 2.75) is 31.2 Å². The van der Waals surface area contributed by atoms with Gasteiger partial charge < -0.3 is 10.0 Å². The standard InChI is InChI=1S/C22H25NO6S/c1-16(17-9-5-3-6-10-17)23-15-22(2,21(25)26)19(20(23)24)13-14-29-30(27,28)18-11-7-4-8-12-18/h3-12,16,19H,13-15H2,1-2H3,(H,25,26)/t16-,19-,22-/m1/s1. The van der Waals surface area contributed by atoms with E-state index in [0.717, 1.165) is 5.56 Å². The number of hydrogen-bond acceptors (Lipinski definition) is 5. The quantitative estimate of drug-likeness (QED) is 0.645. The third-order valence-electron chi connectivity index (χ3n) is 5.76. The molecule has 160 valence electrons. The molecule has 3 rings (SSSR count). The molecule has 0 unspecified atom stereocenters. The number of aliphatic carboxylic acids is 1. The summed E-state index contributed by atoms with van der Waals surface area (Å²) in [6.07, 6.45) is -0.00823. The van der Waals surface area contributed by atoms with Crippen LogP contribution in [0.15, 0.2) is 65.6 Å². The molecule has 1 heterocycles. The van der Waals surface area contributed by atoms with Crippen LogP contribution < -0.4 is 0 Å². The maximum atomic E-state index is 13.1. The fourth-order valence-corrected chi connectivity index (χ4v) is 4.79. The Morgan fingerprint density at radius 1 is 1.17 bits per heavy atom. The van der Waals surface area contributed by atoms with Crippen LogP contribution >= 0.6 is 0 Å². The fourth-order valence-electron chi connectivity index (χ4n) is 3.84. The van der Waals surface area contributed by atoms with E-state index in [1.54, 1.807) is 23.1 Å². The maximum absolute atomic E-state index is 13.1. The topological polar surface area (TPSA) is 101 Å². The van der Waals surface area contributed by atoms with Gasteiger partial charge >= 0.3 is 5.97 Å². The summed E-state index contributed by atoms with van der Waals surface area (Å²) in [6.45, 7) is 3.16. The van der Waals surface area contributed by atoms with E-state index in [4.69, 9.17) is 4.18 Å². The summed E-state index contributed by atoms with van der Waals surface area (Å²) in [4.78, 5) is 26.7. The van der Waals surface area contributed by atoms with E-state index in [1.807, 2.05) is 37.3 Å². The SMILES string of the molecule is C[C@H](c1ccccc1)N1C[C@@](C)(C(=O)O)[C@H](CCOS(=O)(=O)c2ccccc2)C1=O. The van der Waals surface area contributed by atoms with Gasteiger partial charge in [0.2, 0.25) is 5.91 Å². The first-order valence-electron chi connectivity index (χ1n) is 9.70. The van der Waals surface area contributed by atoms with Crippen LogP contribution in [0.2, 0.25) is 0 Å². The lowest BCUT2D eigenvalue weighted by atomic mass is 9.78. The molecule has 1 amide bonds. The van der Waals surface area contributed by atoms with E-state index < -0.39 is 27.4 Å². The highest BCUT2D eigenvalue weighted by Gasteiger charge is 2.54. The minimum Gasteiger partial charge on any atom is -0.481 e. The van der Waals surface area contributed by atoms with Crippen molar-refractivity contribution in [3.63, 3.8) is 0 Å². The van der Waals surface area contributed by atoms with Gasteiger partial charge in [0.15, 0.2) is 0 Å². The van der Waals surface area contributed by atoms with Gasteiger partial charge in [-0.2, -0.15) is 8.42 Å². The average Bonchev–Trinajstić information content (AvgIpc) is 3.00. The molecule has 3 atom stereocenters. The molecule has 1 aliphatic heterocycles. The predicted octanol–water partition coefficient (Wildman–Crippen LogP) is 3.09. The summed E-state index contributed by atoms with van der Waals surface area (Å²) >= 11 is 0. The molecule has 0 radical (unpaired) electrons. The molecule has 1 aliphatic rings. The first-order chi connectivity index (χ1) is 14.2. The fraction of sp³-hybridized carbons (Fsp3) is 0.364. The number of carbonyl (C=O) groups is 2. The lowest BCUT2D eigenvalue weighted by Crippen LogP contribution is -2.37. The smallest absolute Gasteiger partial charge is 0.311 e. The van der Waals surface area contributed by atoms with Crippen molar-refractivity contribution >= 4 is 22.0 Å². The minimum absolute atomic E-state index is 0.00823. The molecule has 2 aromatic carbocycles. The zero-order chi connectivity index (χ0) is 21.9. The van der Waals surface area contributed by atoms with Crippen molar-refractivity contribution < 1.29 is 27.3 Å². The van der Waals surface area contributed by atoms with E-state index in [2.05, 4.69) is 0 Å². The summed E-state index contributed by atoms with van der Waals surface area (Å²) in [6, 6.07) is 16.8. The second kappa shape index (κ2) is 8.57. The molecule has 1 saturated heterocycles. The lowest BCUT2D eigenvalue weighted by molar-refractivity contribution is -0.151. The summed E-state index contributed by atoms with van der Waals surface area (Å²) < 4.78 is 29.7. The van der Waals surface area contributed by atoms with Gasteiger partial charge in [-0.1, -0.05) is 48.5 Å². The van der Waals surface area contributed by atoms with Crippen LogP contribution in [-0.4, -0.2) is 43.5 Å². The molecule has 0 saturated carbocycles. The second-order valence-electron chi connectivity index (χ2n) is 7.71. The van der Waals surface area contributed by atoms with Crippen LogP contribution in [0.1, 0.15) is 31.9 Å². The highest BCUT2D eigenvalue weighted by atomic mass is 32.2. The first kappa shape index (κ1) is 22.0. The van der Waals surface area contributed by atoms with Crippen LogP contribution in [0.5, 0.6) is 0 Å². The van der Waals surface area contributed by atoms with Crippen LogP contribution in [-0.2, 0) is 23.9 Å². The zero-order valence-corrected chi connectivity index (χ0v) is 17.7. The molecule has 2 aromatic rings. The summed E-state index contributed by atoms with van der Waals surface area (Å²) in [5.41, 5.74) is -0.429. The van der Waals surface area contributed by atoms with Crippen molar-refractivity contribution in [1.82, 2.24) is 4.90 Å². The summed E-state index contributed by atoms with van der Waals surface area (Å²) in [7, 11) is -3.97. The molecule has 8 heteroatoms. The van der Waals surface area contributed by atoms with Gasteiger partial charge in [0, 0.05) is 6.54 Å². The van der Waals surface area contributed by atoms with Gasteiger partial charge in [0.25, 0.3) is 10.1 Å². The Labute approximate surface area is 176 Å². The minimum atomic E-state index is -3.97. The normalized spacial score (nSPS) is 22.8. The maximum Gasteiger partial charge on any atom is 0.311 e. The van der Waals surface area contributed by atoms with Crippen molar-refractivity contribution in [2.75, 3.05) is 13.2 Å². The number of nitrogens with zero attached hydrogens (tertiary/aromatic N) is 1. The molecule has 0 bridgehead atoms. The van der Waals surface area contributed by atoms with E-state index in [9.17, 15) is 23.1 Å². The first-order valence-corrected chi connectivity index (χ1v) is 11.1. The largest absolute Gasteiger partial charge is 0.481 e. The predicted molar refractivity (Wildman–Crippen MR) is 110 cm³/mol.